The van der Waals surface area contributed by atoms with Crippen LogP contribution in [0.2, 0.25) is 5.02 Å². The van der Waals surface area contributed by atoms with Gasteiger partial charge in [0, 0.05) is 19.0 Å². The highest BCUT2D eigenvalue weighted by molar-refractivity contribution is 6.30. The first-order chi connectivity index (χ1) is 12.8. The minimum absolute atomic E-state index is 0.0330. The lowest BCUT2D eigenvalue weighted by molar-refractivity contribution is -0.138. The molecule has 0 bridgehead atoms. The monoisotopic (exact) mass is 396 g/mol. The summed E-state index contributed by atoms with van der Waals surface area (Å²) in [7, 11) is 0. The number of likely N-dealkylation sites (tertiary alicyclic amines) is 1. The summed E-state index contributed by atoms with van der Waals surface area (Å²) in [5, 5.41) is 11.7. The molecule has 8 heteroatoms. The fourth-order valence-electron chi connectivity index (χ4n) is 3.92. The van der Waals surface area contributed by atoms with Crippen LogP contribution in [-0.2, 0) is 14.4 Å². The van der Waals surface area contributed by atoms with Crippen molar-refractivity contribution < 1.29 is 23.9 Å². The molecule has 2 amide bonds. The van der Waals surface area contributed by atoms with Crippen molar-refractivity contribution in [1.29, 1.82) is 0 Å². The fourth-order valence-corrected chi connectivity index (χ4v) is 4.04. The maximum atomic E-state index is 13.7. The molecule has 2 unspecified atom stereocenters. The Balaban J connectivity index is 1.69. The molecule has 1 saturated carbocycles. The Bertz CT molecular complexity index is 751. The Hall–Kier alpha value is -2.15. The SMILES string of the molecule is O=C(O)CC(NC(=O)C1CC(=O)N(C2CCCC2)C1)c1ccc(Cl)c(F)c1. The normalized spacial score (nSPS) is 21.5. The topological polar surface area (TPSA) is 86.7 Å². The fraction of sp³-hybridized carbons (Fsp3) is 0.526. The molecule has 2 N–H and O–H groups in total. The Morgan fingerprint density at radius 3 is 2.67 bits per heavy atom. The Morgan fingerprint density at radius 2 is 2.04 bits per heavy atom. The van der Waals surface area contributed by atoms with Gasteiger partial charge in [0.05, 0.1) is 23.4 Å². The van der Waals surface area contributed by atoms with E-state index >= 15 is 0 Å². The average Bonchev–Trinajstić information content (AvgIpc) is 3.25. The van der Waals surface area contributed by atoms with Crippen molar-refractivity contribution in [2.24, 2.45) is 5.92 Å². The predicted octanol–water partition coefficient (Wildman–Crippen LogP) is 2.90. The van der Waals surface area contributed by atoms with Crippen LogP contribution in [0.15, 0.2) is 18.2 Å². The summed E-state index contributed by atoms with van der Waals surface area (Å²) in [5.41, 5.74) is 0.324. The predicted molar refractivity (Wildman–Crippen MR) is 96.6 cm³/mol. The number of carbonyl (C=O) groups is 3. The van der Waals surface area contributed by atoms with Crippen molar-refractivity contribution in [3.8, 4) is 0 Å². The summed E-state index contributed by atoms with van der Waals surface area (Å²) in [6.45, 7) is 0.351. The first kappa shape index (κ1) is 19.6. The molecule has 27 heavy (non-hydrogen) atoms. The Kier molecular flexibility index (Phi) is 5.99. The van der Waals surface area contributed by atoms with Gasteiger partial charge >= 0.3 is 5.97 Å². The number of carbonyl (C=O) groups excluding carboxylic acids is 2. The zero-order valence-electron chi connectivity index (χ0n) is 14.8. The molecule has 2 aliphatic rings. The molecule has 0 spiro atoms. The number of carboxylic acids is 1. The molecule has 0 radical (unpaired) electrons. The molecule has 1 aliphatic heterocycles. The molecular weight excluding hydrogens is 375 g/mol. The van der Waals surface area contributed by atoms with Gasteiger partial charge in [-0.05, 0) is 30.5 Å². The number of aliphatic carboxylic acids is 1. The van der Waals surface area contributed by atoms with Crippen LogP contribution in [-0.4, -0.2) is 40.4 Å². The second kappa shape index (κ2) is 8.25. The molecule has 1 heterocycles. The minimum atomic E-state index is -1.12. The Labute approximate surface area is 161 Å². The van der Waals surface area contributed by atoms with Gasteiger partial charge in [-0.1, -0.05) is 30.5 Å². The quantitative estimate of drug-likeness (QED) is 0.774. The lowest BCUT2D eigenvalue weighted by Crippen LogP contribution is -2.38. The van der Waals surface area contributed by atoms with Crippen molar-refractivity contribution in [2.45, 2.75) is 50.6 Å². The third-order valence-corrected chi connectivity index (χ3v) is 5.64. The highest BCUT2D eigenvalue weighted by atomic mass is 35.5. The summed E-state index contributed by atoms with van der Waals surface area (Å²) in [6, 6.07) is 3.26. The van der Waals surface area contributed by atoms with Crippen LogP contribution >= 0.6 is 11.6 Å². The van der Waals surface area contributed by atoms with Gasteiger partial charge in [0.2, 0.25) is 11.8 Å². The van der Waals surface area contributed by atoms with E-state index < -0.39 is 23.7 Å². The molecule has 146 valence electrons. The van der Waals surface area contributed by atoms with E-state index in [1.165, 1.54) is 12.1 Å². The number of benzene rings is 1. The van der Waals surface area contributed by atoms with Crippen LogP contribution in [0.3, 0.4) is 0 Å². The van der Waals surface area contributed by atoms with Crippen LogP contribution in [0.1, 0.15) is 50.1 Å². The average molecular weight is 397 g/mol. The second-order valence-corrected chi connectivity index (χ2v) is 7.63. The maximum Gasteiger partial charge on any atom is 0.305 e. The molecule has 1 saturated heterocycles. The van der Waals surface area contributed by atoms with Crippen LogP contribution < -0.4 is 5.32 Å². The van der Waals surface area contributed by atoms with Gasteiger partial charge < -0.3 is 15.3 Å². The number of hydrogen-bond acceptors (Lipinski definition) is 3. The molecule has 1 aromatic carbocycles. The van der Waals surface area contributed by atoms with Crippen molar-refractivity contribution in [2.75, 3.05) is 6.54 Å². The van der Waals surface area contributed by atoms with Crippen molar-refractivity contribution in [3.63, 3.8) is 0 Å². The lowest BCUT2D eigenvalue weighted by atomic mass is 10.0. The molecule has 6 nitrogen and oxygen atoms in total. The van der Waals surface area contributed by atoms with E-state index in [0.717, 1.165) is 31.7 Å². The summed E-state index contributed by atoms with van der Waals surface area (Å²) in [5.74, 6) is -2.74. The van der Waals surface area contributed by atoms with Crippen LogP contribution in [0, 0.1) is 11.7 Å². The highest BCUT2D eigenvalue weighted by Crippen LogP contribution is 2.30. The number of nitrogens with one attached hydrogen (secondary N) is 1. The van der Waals surface area contributed by atoms with Crippen molar-refractivity contribution in [1.82, 2.24) is 10.2 Å². The first-order valence-electron chi connectivity index (χ1n) is 9.11. The van der Waals surface area contributed by atoms with E-state index in [0.29, 0.717) is 12.1 Å². The third kappa shape index (κ3) is 4.58. The summed E-state index contributed by atoms with van der Waals surface area (Å²) in [4.78, 5) is 37.9. The van der Waals surface area contributed by atoms with Crippen LogP contribution in [0.5, 0.6) is 0 Å². The molecular formula is C19H22ClFN2O4. The van der Waals surface area contributed by atoms with Gasteiger partial charge in [0.1, 0.15) is 5.82 Å². The van der Waals surface area contributed by atoms with Crippen molar-refractivity contribution in [3.05, 3.63) is 34.6 Å². The second-order valence-electron chi connectivity index (χ2n) is 7.22. The third-order valence-electron chi connectivity index (χ3n) is 5.34. The molecule has 1 aliphatic carbocycles. The van der Waals surface area contributed by atoms with E-state index in [-0.39, 0.29) is 35.7 Å². The summed E-state index contributed by atoms with van der Waals surface area (Å²) in [6.07, 6.45) is 3.84. The minimum Gasteiger partial charge on any atom is -0.481 e. The zero-order chi connectivity index (χ0) is 19.6. The zero-order valence-corrected chi connectivity index (χ0v) is 15.5. The molecule has 0 aromatic heterocycles. The largest absolute Gasteiger partial charge is 0.481 e. The summed E-state index contributed by atoms with van der Waals surface area (Å²) >= 11 is 5.67. The lowest BCUT2D eigenvalue weighted by Gasteiger charge is -2.24. The van der Waals surface area contributed by atoms with E-state index in [1.54, 1.807) is 4.90 Å². The molecule has 3 rings (SSSR count). The molecule has 1 aromatic rings. The smallest absolute Gasteiger partial charge is 0.305 e. The molecule has 2 atom stereocenters. The van der Waals surface area contributed by atoms with E-state index in [2.05, 4.69) is 5.32 Å². The van der Waals surface area contributed by atoms with E-state index in [9.17, 15) is 18.8 Å². The number of amides is 2. The van der Waals surface area contributed by atoms with Gasteiger partial charge in [-0.15, -0.1) is 0 Å². The highest BCUT2D eigenvalue weighted by Gasteiger charge is 2.39. The van der Waals surface area contributed by atoms with Gasteiger partial charge in [0.25, 0.3) is 0 Å². The maximum absolute atomic E-state index is 13.7. The first-order valence-corrected chi connectivity index (χ1v) is 9.49. The van der Waals surface area contributed by atoms with Crippen LogP contribution in [0.25, 0.3) is 0 Å². The number of rotatable bonds is 6. The standard InChI is InChI=1S/C19H22ClFN2O4/c20-14-6-5-11(7-15(14)21)16(9-18(25)26)22-19(27)12-8-17(24)23(10-12)13-3-1-2-4-13/h5-7,12-13,16H,1-4,8-10H2,(H,22,27)(H,25,26). The van der Waals surface area contributed by atoms with Gasteiger partial charge in [-0.2, -0.15) is 0 Å². The Morgan fingerprint density at radius 1 is 1.33 bits per heavy atom. The van der Waals surface area contributed by atoms with Gasteiger partial charge in [-0.25, -0.2) is 4.39 Å². The van der Waals surface area contributed by atoms with E-state index in [4.69, 9.17) is 16.7 Å². The number of hydrogen-bond donors (Lipinski definition) is 2. The van der Waals surface area contributed by atoms with Gasteiger partial charge in [-0.3, -0.25) is 14.4 Å². The summed E-state index contributed by atoms with van der Waals surface area (Å²) < 4.78 is 13.7. The van der Waals surface area contributed by atoms with Gasteiger partial charge in [0.15, 0.2) is 0 Å². The molecule has 2 fully saturated rings. The van der Waals surface area contributed by atoms with Crippen LogP contribution in [0.4, 0.5) is 4.39 Å². The van der Waals surface area contributed by atoms with Crippen molar-refractivity contribution >= 4 is 29.4 Å². The van der Waals surface area contributed by atoms with E-state index in [1.807, 2.05) is 0 Å². The number of nitrogens with zero attached hydrogens (tertiary/aromatic N) is 1. The number of carboxylic acid groups (broad SMARTS) is 1. The number of halogens is 2.